The molecule has 0 atom stereocenters. The fourth-order valence-electron chi connectivity index (χ4n) is 2.86. The Morgan fingerprint density at radius 2 is 2.12 bits per heavy atom. The minimum atomic E-state index is -1.04. The molecule has 1 fully saturated rings. The molecule has 2 aromatic rings. The van der Waals surface area contributed by atoms with Gasteiger partial charge in [0.1, 0.15) is 18.7 Å². The number of fused-ring (bicyclic) bond motifs is 1. The molecule has 0 radical (unpaired) electrons. The van der Waals surface area contributed by atoms with Crippen molar-refractivity contribution in [1.29, 1.82) is 0 Å². The van der Waals surface area contributed by atoms with Crippen LogP contribution in [0, 0.1) is 0 Å². The molecule has 1 aliphatic heterocycles. The summed E-state index contributed by atoms with van der Waals surface area (Å²) < 4.78 is 0. The Labute approximate surface area is 138 Å². The van der Waals surface area contributed by atoms with Crippen LogP contribution in [0.4, 0.5) is 10.6 Å². The second kappa shape index (κ2) is 6.69. The molecule has 0 aliphatic carbocycles. The van der Waals surface area contributed by atoms with E-state index in [0.29, 0.717) is 25.5 Å². The van der Waals surface area contributed by atoms with Crippen LogP contribution in [0.25, 0.3) is 10.9 Å². The van der Waals surface area contributed by atoms with Crippen LogP contribution in [-0.4, -0.2) is 63.1 Å². The van der Waals surface area contributed by atoms with Crippen LogP contribution in [0.15, 0.2) is 24.5 Å². The lowest BCUT2D eigenvalue weighted by molar-refractivity contribution is -0.135. The van der Waals surface area contributed by atoms with Gasteiger partial charge in [-0.25, -0.2) is 14.8 Å². The van der Waals surface area contributed by atoms with Gasteiger partial charge in [0.15, 0.2) is 0 Å². The first-order chi connectivity index (χ1) is 11.5. The lowest BCUT2D eigenvalue weighted by atomic mass is 10.1. The first-order valence-corrected chi connectivity index (χ1v) is 7.79. The zero-order valence-electron chi connectivity index (χ0n) is 13.2. The Balaban J connectivity index is 1.55. The van der Waals surface area contributed by atoms with Crippen molar-refractivity contribution in [3.8, 4) is 0 Å². The van der Waals surface area contributed by atoms with E-state index in [9.17, 15) is 9.59 Å². The van der Waals surface area contributed by atoms with Gasteiger partial charge in [-0.1, -0.05) is 6.07 Å². The van der Waals surface area contributed by atoms with Crippen molar-refractivity contribution < 1.29 is 14.7 Å². The number of piperazine rings is 1. The van der Waals surface area contributed by atoms with Gasteiger partial charge in [0, 0.05) is 25.0 Å². The number of aryl methyl sites for hydroxylation is 1. The van der Waals surface area contributed by atoms with Gasteiger partial charge in [0.2, 0.25) is 5.91 Å². The smallest absolute Gasteiger partial charge is 0.407 e. The molecule has 1 aliphatic rings. The lowest BCUT2D eigenvalue weighted by Crippen LogP contribution is -2.52. The van der Waals surface area contributed by atoms with Gasteiger partial charge in [-0.2, -0.15) is 0 Å². The summed E-state index contributed by atoms with van der Waals surface area (Å²) in [6.07, 6.45) is 2.03. The highest BCUT2D eigenvalue weighted by Crippen LogP contribution is 2.18. The first-order valence-electron chi connectivity index (χ1n) is 7.79. The molecule has 1 aromatic heterocycles. The van der Waals surface area contributed by atoms with Crippen LogP contribution in [0.3, 0.4) is 0 Å². The summed E-state index contributed by atoms with van der Waals surface area (Å²) in [5, 5.41) is 9.74. The number of anilines is 1. The summed E-state index contributed by atoms with van der Waals surface area (Å²) in [4.78, 5) is 33.9. The number of carbonyl (C=O) groups is 2. The highest BCUT2D eigenvalue weighted by atomic mass is 16.4. The Hall–Kier alpha value is -2.90. The fourth-order valence-corrected chi connectivity index (χ4v) is 2.86. The van der Waals surface area contributed by atoms with Crippen molar-refractivity contribution in [2.45, 2.75) is 12.8 Å². The van der Waals surface area contributed by atoms with Gasteiger partial charge in [-0.3, -0.25) is 9.69 Å². The van der Waals surface area contributed by atoms with Gasteiger partial charge >= 0.3 is 6.09 Å². The predicted molar refractivity (Wildman–Crippen MR) is 88.4 cm³/mol. The van der Waals surface area contributed by atoms with Crippen molar-refractivity contribution in [1.82, 2.24) is 19.8 Å². The molecule has 1 aromatic carbocycles. The third-order valence-electron chi connectivity index (χ3n) is 4.21. The summed E-state index contributed by atoms with van der Waals surface area (Å²) in [6, 6.07) is 5.89. The molecule has 8 heteroatoms. The molecule has 0 saturated carbocycles. The second-order valence-corrected chi connectivity index (χ2v) is 5.80. The van der Waals surface area contributed by atoms with Gasteiger partial charge in [-0.15, -0.1) is 0 Å². The highest BCUT2D eigenvalue weighted by molar-refractivity contribution is 5.88. The fraction of sp³-hybridized carbons (Fsp3) is 0.375. The quantitative estimate of drug-likeness (QED) is 0.864. The maximum atomic E-state index is 12.0. The van der Waals surface area contributed by atoms with Crippen molar-refractivity contribution >= 4 is 28.7 Å². The third-order valence-corrected chi connectivity index (χ3v) is 4.21. The number of aromatic nitrogens is 2. The van der Waals surface area contributed by atoms with Crippen molar-refractivity contribution in [3.63, 3.8) is 0 Å². The average Bonchev–Trinajstić information content (AvgIpc) is 2.56. The van der Waals surface area contributed by atoms with Gasteiger partial charge < -0.3 is 15.7 Å². The largest absolute Gasteiger partial charge is 0.465 e. The van der Waals surface area contributed by atoms with E-state index in [1.807, 2.05) is 18.2 Å². The van der Waals surface area contributed by atoms with Crippen LogP contribution in [-0.2, 0) is 11.2 Å². The number of hydrogen-bond acceptors (Lipinski definition) is 5. The van der Waals surface area contributed by atoms with E-state index in [2.05, 4.69) is 9.97 Å². The molecular weight excluding hydrogens is 310 g/mol. The number of nitrogens with zero attached hydrogens (tertiary/aromatic N) is 4. The number of amides is 2. The normalized spacial score (nSPS) is 15.1. The molecule has 24 heavy (non-hydrogen) atoms. The topological polar surface area (TPSA) is 113 Å². The predicted octanol–water partition coefficient (Wildman–Crippen LogP) is 0.967. The molecule has 0 spiro atoms. The molecule has 2 amide bonds. The number of carbonyl (C=O) groups excluding carboxylic acids is 1. The van der Waals surface area contributed by atoms with E-state index in [0.717, 1.165) is 34.2 Å². The van der Waals surface area contributed by atoms with Gasteiger partial charge in [-0.05, 0) is 30.5 Å². The minimum absolute atomic E-state index is 0.0541. The Kier molecular flexibility index (Phi) is 4.45. The maximum absolute atomic E-state index is 12.0. The Morgan fingerprint density at radius 1 is 1.29 bits per heavy atom. The summed E-state index contributed by atoms with van der Waals surface area (Å²) in [5.74, 6) is 0.330. The average molecular weight is 329 g/mol. The van der Waals surface area contributed by atoms with Crippen LogP contribution >= 0.6 is 0 Å². The molecule has 2 heterocycles. The second-order valence-electron chi connectivity index (χ2n) is 5.80. The lowest BCUT2D eigenvalue weighted by Gasteiger charge is -2.32. The number of benzene rings is 1. The summed E-state index contributed by atoms with van der Waals surface area (Å²) in [6.45, 7) is 1.39. The van der Waals surface area contributed by atoms with E-state index in [4.69, 9.17) is 10.8 Å². The van der Waals surface area contributed by atoms with E-state index in [-0.39, 0.29) is 12.5 Å². The SMILES string of the molecule is Nc1ncnc2cc(CCCN3CCN(C(=O)O)CC3=O)ccc12. The number of nitrogen functional groups attached to an aromatic ring is 1. The maximum Gasteiger partial charge on any atom is 0.407 e. The molecule has 3 rings (SSSR count). The van der Waals surface area contributed by atoms with Gasteiger partial charge in [0.05, 0.1) is 5.52 Å². The summed E-state index contributed by atoms with van der Waals surface area (Å²) >= 11 is 0. The zero-order chi connectivity index (χ0) is 17.1. The van der Waals surface area contributed by atoms with Crippen LogP contribution in [0.1, 0.15) is 12.0 Å². The number of rotatable bonds is 4. The number of carboxylic acid groups (broad SMARTS) is 1. The van der Waals surface area contributed by atoms with Crippen LogP contribution < -0.4 is 5.73 Å². The van der Waals surface area contributed by atoms with Crippen molar-refractivity contribution in [2.75, 3.05) is 31.9 Å². The monoisotopic (exact) mass is 329 g/mol. The standard InChI is InChI=1S/C16H19N5O3/c17-15-12-4-3-11(8-13(12)18-10-19-15)2-1-5-20-6-7-21(16(23)24)9-14(20)22/h3-4,8,10H,1-2,5-7,9H2,(H,23,24)(H2,17,18,19). The third kappa shape index (κ3) is 3.37. The van der Waals surface area contributed by atoms with Gasteiger partial charge in [0.25, 0.3) is 0 Å². The molecule has 0 unspecified atom stereocenters. The highest BCUT2D eigenvalue weighted by Gasteiger charge is 2.26. The molecule has 0 bridgehead atoms. The van der Waals surface area contributed by atoms with E-state index in [1.165, 1.54) is 6.33 Å². The zero-order valence-corrected chi connectivity index (χ0v) is 13.2. The molecule has 3 N–H and O–H groups in total. The summed E-state index contributed by atoms with van der Waals surface area (Å²) in [5.41, 5.74) is 7.74. The number of nitrogens with two attached hydrogens (primary N) is 1. The Morgan fingerprint density at radius 3 is 2.88 bits per heavy atom. The van der Waals surface area contributed by atoms with E-state index in [1.54, 1.807) is 4.90 Å². The van der Waals surface area contributed by atoms with Crippen molar-refractivity contribution in [2.24, 2.45) is 0 Å². The minimum Gasteiger partial charge on any atom is -0.465 e. The van der Waals surface area contributed by atoms with Crippen LogP contribution in [0.2, 0.25) is 0 Å². The molecular formula is C16H19N5O3. The van der Waals surface area contributed by atoms with Crippen LogP contribution in [0.5, 0.6) is 0 Å². The van der Waals surface area contributed by atoms with Crippen molar-refractivity contribution in [3.05, 3.63) is 30.1 Å². The number of hydrogen-bond donors (Lipinski definition) is 2. The molecule has 1 saturated heterocycles. The van der Waals surface area contributed by atoms with E-state index >= 15 is 0 Å². The Bertz CT molecular complexity index is 779. The van der Waals surface area contributed by atoms with E-state index < -0.39 is 6.09 Å². The molecule has 126 valence electrons. The molecule has 8 nitrogen and oxygen atoms in total. The summed E-state index contributed by atoms with van der Waals surface area (Å²) in [7, 11) is 0. The first kappa shape index (κ1) is 16.0.